The maximum absolute atomic E-state index is 15.5. The molecule has 2 aliphatic carbocycles. The normalized spacial score (nSPS) is 26.6. The first kappa shape index (κ1) is 37.6. The summed E-state index contributed by atoms with van der Waals surface area (Å²) in [5.74, 6) is -6.49. The molecule has 0 spiro atoms. The molecular weight excluding hydrogens is 767 g/mol. The van der Waals surface area contributed by atoms with Crippen molar-refractivity contribution in [2.24, 2.45) is 23.7 Å². The van der Waals surface area contributed by atoms with E-state index < -0.39 is 52.6 Å². The highest BCUT2D eigenvalue weighted by Gasteiger charge is 2.71. The van der Waals surface area contributed by atoms with E-state index in [0.717, 1.165) is 23.8 Å². The molecule has 12 nitrogen and oxygen atoms in total. The summed E-state index contributed by atoms with van der Waals surface area (Å²) in [6, 6.07) is 22.2. The van der Waals surface area contributed by atoms with Crippen LogP contribution in [-0.4, -0.2) is 74.3 Å². The predicted molar refractivity (Wildman–Crippen MR) is 212 cm³/mol. The fraction of sp³-hybridized carbons (Fsp3) is 0.318. The van der Waals surface area contributed by atoms with Gasteiger partial charge >= 0.3 is 0 Å². The molecule has 6 unspecified atom stereocenters. The summed E-state index contributed by atoms with van der Waals surface area (Å²) in [7, 11) is 2.86. The average molecular weight is 807 g/mol. The largest absolute Gasteiger partial charge is 0.508 e. The number of benzene rings is 4. The number of hydrazine groups is 1. The summed E-state index contributed by atoms with van der Waals surface area (Å²) in [5.41, 5.74) is 4.51. The maximum atomic E-state index is 15.5. The van der Waals surface area contributed by atoms with Crippen LogP contribution < -0.4 is 24.7 Å². The van der Waals surface area contributed by atoms with Crippen molar-refractivity contribution in [3.63, 3.8) is 0 Å². The Kier molecular flexibility index (Phi) is 9.39. The lowest BCUT2D eigenvalue weighted by Gasteiger charge is -2.51. The molecule has 4 amide bonds. The Balaban J connectivity index is 1.21. The van der Waals surface area contributed by atoms with Gasteiger partial charge in [-0.25, -0.2) is 4.39 Å². The van der Waals surface area contributed by atoms with Crippen LogP contribution in [0, 0.1) is 29.5 Å². The summed E-state index contributed by atoms with van der Waals surface area (Å²) in [4.78, 5) is 63.2. The van der Waals surface area contributed by atoms with E-state index >= 15 is 9.59 Å². The number of morpholine rings is 1. The van der Waals surface area contributed by atoms with Crippen molar-refractivity contribution in [1.82, 2.24) is 5.01 Å². The van der Waals surface area contributed by atoms with E-state index in [9.17, 15) is 19.1 Å². The van der Waals surface area contributed by atoms with Gasteiger partial charge in [-0.05, 0) is 85.0 Å². The number of hydrogen-bond acceptors (Lipinski definition) is 10. The molecule has 0 bridgehead atoms. The molecule has 3 aliphatic heterocycles. The van der Waals surface area contributed by atoms with E-state index in [1.807, 2.05) is 18.2 Å². The van der Waals surface area contributed by atoms with Crippen LogP contribution in [0.15, 0.2) is 96.6 Å². The lowest BCUT2D eigenvalue weighted by molar-refractivity contribution is -0.138. The van der Waals surface area contributed by atoms with E-state index in [1.165, 1.54) is 55.5 Å². The topological polar surface area (TPSA) is 138 Å². The Morgan fingerprint density at radius 2 is 1.47 bits per heavy atom. The van der Waals surface area contributed by atoms with Crippen LogP contribution in [-0.2, 0) is 29.3 Å². The first-order valence-electron chi connectivity index (χ1n) is 19.2. The number of aromatic hydroxyl groups is 1. The monoisotopic (exact) mass is 806 g/mol. The number of nitrogens with zero attached hydrogens (tertiary/aromatic N) is 3. The summed E-state index contributed by atoms with van der Waals surface area (Å²) < 4.78 is 31.3. The van der Waals surface area contributed by atoms with Crippen LogP contribution >= 0.6 is 11.6 Å². The number of hydrogen-bond donors (Lipinski definition) is 2. The molecule has 298 valence electrons. The third-order valence-corrected chi connectivity index (χ3v) is 12.8. The van der Waals surface area contributed by atoms with Gasteiger partial charge < -0.3 is 24.2 Å². The molecule has 4 aromatic rings. The van der Waals surface area contributed by atoms with Crippen LogP contribution in [0.2, 0.25) is 5.02 Å². The molecular formula is C44H40ClFN4O8. The van der Waals surface area contributed by atoms with Crippen LogP contribution in [0.3, 0.4) is 0 Å². The number of ether oxygens (including phenoxy) is 3. The predicted octanol–water partition coefficient (Wildman–Crippen LogP) is 6.23. The van der Waals surface area contributed by atoms with Crippen molar-refractivity contribution in [3.05, 3.63) is 119 Å². The number of phenolic OH excluding ortho intramolecular Hbond substituents is 1. The van der Waals surface area contributed by atoms with Crippen molar-refractivity contribution in [2.75, 3.05) is 55.7 Å². The fourth-order valence-electron chi connectivity index (χ4n) is 10.1. The summed E-state index contributed by atoms with van der Waals surface area (Å²) in [6.45, 7) is 2.69. The second kappa shape index (κ2) is 14.5. The molecule has 58 heavy (non-hydrogen) atoms. The van der Waals surface area contributed by atoms with Gasteiger partial charge in [-0.1, -0.05) is 35.4 Å². The van der Waals surface area contributed by atoms with Gasteiger partial charge in [0.25, 0.3) is 11.8 Å². The summed E-state index contributed by atoms with van der Waals surface area (Å²) >= 11 is 6.42. The minimum atomic E-state index is -1.68. The van der Waals surface area contributed by atoms with Crippen LogP contribution in [0.25, 0.3) is 0 Å². The second-order valence-electron chi connectivity index (χ2n) is 15.3. The standard InChI is InChI=1S/C44H40ClFN4O8/c1-56-35-21-30(51)22-36(57-2)38(35)39-31-15-16-32-37(42(54)49(40(32)52)29-13-11-28(12-14-29)48-17-19-58-20-18-48)33(31)23-34-41(53)50(47-27-9-7-26(46)8-10-27)43(55)44(34,39)24-3-5-25(45)6-4-24/h3-15,21-22,32-34,37,39,47,51H,16-20,23H2,1-2H3. The molecule has 0 aromatic heterocycles. The molecule has 3 heterocycles. The van der Waals surface area contributed by atoms with Crippen molar-refractivity contribution < 1.29 is 42.9 Å². The SMILES string of the molecule is COc1cc(O)cc(OC)c1C1C2=CCC3C(=O)N(c4ccc(N5CCOCC5)cc4)C(=O)C3C2CC2C(=O)N(Nc3ccc(F)cc3)C(=O)C21c1ccc(Cl)cc1. The first-order chi connectivity index (χ1) is 28.1. The number of methoxy groups -OCH3 is 2. The Labute approximate surface area is 338 Å². The van der Waals surface area contributed by atoms with Gasteiger partial charge in [-0.15, -0.1) is 0 Å². The second-order valence-corrected chi connectivity index (χ2v) is 15.7. The molecule has 4 fully saturated rings. The van der Waals surface area contributed by atoms with Crippen LogP contribution in [0.5, 0.6) is 17.2 Å². The zero-order valence-electron chi connectivity index (χ0n) is 31.7. The van der Waals surface area contributed by atoms with Crippen molar-refractivity contribution >= 4 is 52.3 Å². The highest BCUT2D eigenvalue weighted by Crippen LogP contribution is 2.66. The van der Waals surface area contributed by atoms with Crippen molar-refractivity contribution in [2.45, 2.75) is 24.2 Å². The highest BCUT2D eigenvalue weighted by molar-refractivity contribution is 6.30. The van der Waals surface area contributed by atoms with Crippen molar-refractivity contribution in [3.8, 4) is 17.2 Å². The van der Waals surface area contributed by atoms with Crippen LogP contribution in [0.4, 0.5) is 21.5 Å². The number of carbonyl (C=O) groups is 4. The van der Waals surface area contributed by atoms with Gasteiger partial charge in [0, 0.05) is 47.4 Å². The number of allylic oxidation sites excluding steroid dienone is 2. The van der Waals surface area contributed by atoms with E-state index in [2.05, 4.69) is 10.3 Å². The number of nitrogens with one attached hydrogen (secondary N) is 1. The molecule has 6 atom stereocenters. The number of rotatable bonds is 8. The molecule has 3 saturated heterocycles. The first-order valence-corrected chi connectivity index (χ1v) is 19.6. The Morgan fingerprint density at radius 1 is 0.828 bits per heavy atom. The van der Waals surface area contributed by atoms with E-state index in [0.29, 0.717) is 46.3 Å². The third kappa shape index (κ3) is 5.73. The number of amides is 4. The molecule has 5 aliphatic rings. The molecule has 9 rings (SSSR count). The third-order valence-electron chi connectivity index (χ3n) is 12.6. The smallest absolute Gasteiger partial charge is 0.260 e. The molecule has 1 saturated carbocycles. The fourth-order valence-corrected chi connectivity index (χ4v) is 10.2. The molecule has 0 radical (unpaired) electrons. The minimum absolute atomic E-state index is 0.0455. The lowest BCUT2D eigenvalue weighted by Crippen LogP contribution is -2.53. The highest BCUT2D eigenvalue weighted by atomic mass is 35.5. The lowest BCUT2D eigenvalue weighted by atomic mass is 9.49. The number of phenols is 1. The van der Waals surface area contributed by atoms with Gasteiger partial charge in [-0.2, -0.15) is 5.01 Å². The number of halogens is 2. The number of anilines is 3. The average Bonchev–Trinajstić information content (AvgIpc) is 3.62. The Hall–Kier alpha value is -5.92. The van der Waals surface area contributed by atoms with Gasteiger partial charge in [0.1, 0.15) is 23.1 Å². The quantitative estimate of drug-likeness (QED) is 0.156. The van der Waals surface area contributed by atoms with Gasteiger partial charge in [0.05, 0.1) is 62.0 Å². The van der Waals surface area contributed by atoms with E-state index in [-0.39, 0.29) is 41.9 Å². The molecule has 14 heteroatoms. The number of fused-ring (bicyclic) bond motifs is 4. The summed E-state index contributed by atoms with van der Waals surface area (Å²) in [5, 5.41) is 12.2. The number of carbonyl (C=O) groups excluding carboxylic acids is 4. The zero-order valence-corrected chi connectivity index (χ0v) is 32.4. The zero-order chi connectivity index (χ0) is 40.5. The maximum Gasteiger partial charge on any atom is 0.260 e. The van der Waals surface area contributed by atoms with Crippen molar-refractivity contribution in [1.29, 1.82) is 0 Å². The van der Waals surface area contributed by atoms with E-state index in [4.69, 9.17) is 25.8 Å². The van der Waals surface area contributed by atoms with Gasteiger partial charge in [-0.3, -0.25) is 29.5 Å². The van der Waals surface area contributed by atoms with Crippen LogP contribution in [0.1, 0.15) is 29.9 Å². The Bertz CT molecular complexity index is 2330. The molecule has 2 N–H and O–H groups in total. The van der Waals surface area contributed by atoms with E-state index in [1.54, 1.807) is 36.4 Å². The molecule has 4 aromatic carbocycles. The van der Waals surface area contributed by atoms with Gasteiger partial charge in [0.2, 0.25) is 11.8 Å². The number of imide groups is 2. The minimum Gasteiger partial charge on any atom is -0.508 e. The summed E-state index contributed by atoms with van der Waals surface area (Å²) in [6.07, 6.45) is 2.17. The van der Waals surface area contributed by atoms with Gasteiger partial charge in [0.15, 0.2) is 0 Å². The Morgan fingerprint density at radius 3 is 2.10 bits per heavy atom.